The Labute approximate surface area is 170 Å². The van der Waals surface area contributed by atoms with E-state index >= 15 is 0 Å². The fourth-order valence-corrected chi connectivity index (χ4v) is 3.33. The van der Waals surface area contributed by atoms with Gasteiger partial charge in [0.25, 0.3) is 0 Å². The quantitative estimate of drug-likeness (QED) is 0.248. The van der Waals surface area contributed by atoms with Crippen molar-refractivity contribution in [3.8, 4) is 11.8 Å². The highest BCUT2D eigenvalue weighted by molar-refractivity contribution is 5.92. The summed E-state index contributed by atoms with van der Waals surface area (Å²) < 4.78 is 19.6. The largest absolute Gasteiger partial charge is 0.423 e. The van der Waals surface area contributed by atoms with Crippen LogP contribution < -0.4 is 4.74 Å². The average molecular weight is 389 g/mol. The maximum atomic E-state index is 14.2. The lowest BCUT2D eigenvalue weighted by molar-refractivity contribution is 0.0735. The number of hydrogen-bond acceptors (Lipinski definition) is 3. The molecule has 148 valence electrons. The summed E-state index contributed by atoms with van der Waals surface area (Å²) in [5.41, 5.74) is 1.69. The number of rotatable bonds is 8. The first-order chi connectivity index (χ1) is 14.1. The molecule has 3 aromatic carbocycles. The maximum absolute atomic E-state index is 14.2. The number of unbranched alkanes of at least 4 members (excludes halogenated alkanes) is 4. The van der Waals surface area contributed by atoms with Crippen LogP contribution in [-0.2, 0) is 6.42 Å². The topological polar surface area (TPSA) is 50.1 Å². The number of fused-ring (bicyclic) bond motifs is 1. The standard InChI is InChI=1S/C25H24FNO2/c1-2-3-4-5-6-7-18-8-10-19(11-9-18)25(28)29-22-14-15-23-20(16-22)12-13-21(17-27)24(23)26/h8-16H,2-7H2,1H3. The zero-order chi connectivity index (χ0) is 20.6. The minimum Gasteiger partial charge on any atom is -0.423 e. The van der Waals surface area contributed by atoms with Gasteiger partial charge < -0.3 is 4.74 Å². The molecule has 0 radical (unpaired) electrons. The van der Waals surface area contributed by atoms with Crippen LogP contribution in [0.25, 0.3) is 10.8 Å². The molecule has 0 aliphatic rings. The molecule has 0 unspecified atom stereocenters. The predicted molar refractivity (Wildman–Crippen MR) is 112 cm³/mol. The fourth-order valence-electron chi connectivity index (χ4n) is 3.33. The molecule has 0 aliphatic heterocycles. The average Bonchev–Trinajstić information content (AvgIpc) is 2.74. The number of hydrogen-bond donors (Lipinski definition) is 0. The molecule has 0 saturated heterocycles. The summed E-state index contributed by atoms with van der Waals surface area (Å²) in [6.07, 6.45) is 7.20. The number of nitriles is 1. The lowest BCUT2D eigenvalue weighted by atomic mass is 10.0. The van der Waals surface area contributed by atoms with Gasteiger partial charge >= 0.3 is 5.97 Å². The molecular weight excluding hydrogens is 365 g/mol. The van der Waals surface area contributed by atoms with Crippen molar-refractivity contribution in [2.45, 2.75) is 45.4 Å². The van der Waals surface area contributed by atoms with Gasteiger partial charge in [-0.05, 0) is 60.2 Å². The molecule has 0 amide bonds. The smallest absolute Gasteiger partial charge is 0.343 e. The molecular formula is C25H24FNO2. The second-order valence-electron chi connectivity index (χ2n) is 7.17. The zero-order valence-electron chi connectivity index (χ0n) is 16.6. The number of ether oxygens (including phenoxy) is 1. The van der Waals surface area contributed by atoms with Crippen molar-refractivity contribution in [1.29, 1.82) is 5.26 Å². The number of esters is 1. The lowest BCUT2D eigenvalue weighted by Crippen LogP contribution is -2.08. The fraction of sp³-hybridized carbons (Fsp3) is 0.280. The van der Waals surface area contributed by atoms with Crippen LogP contribution in [-0.4, -0.2) is 5.97 Å². The molecule has 0 fully saturated rings. The number of carbonyl (C=O) groups excluding carboxylic acids is 1. The van der Waals surface area contributed by atoms with Crippen molar-refractivity contribution in [3.05, 3.63) is 77.1 Å². The Bertz CT molecular complexity index is 1040. The molecule has 0 N–H and O–H groups in total. The second-order valence-corrected chi connectivity index (χ2v) is 7.17. The van der Waals surface area contributed by atoms with Crippen LogP contribution in [0.1, 0.15) is 60.5 Å². The third kappa shape index (κ3) is 5.20. The summed E-state index contributed by atoms with van der Waals surface area (Å²) in [5, 5.41) is 9.82. The van der Waals surface area contributed by atoms with Crippen LogP contribution in [0.3, 0.4) is 0 Å². The molecule has 0 aliphatic carbocycles. The highest BCUT2D eigenvalue weighted by atomic mass is 19.1. The van der Waals surface area contributed by atoms with Gasteiger partial charge in [-0.2, -0.15) is 5.26 Å². The molecule has 29 heavy (non-hydrogen) atoms. The Hall–Kier alpha value is -3.19. The minimum absolute atomic E-state index is 0.00676. The van der Waals surface area contributed by atoms with E-state index < -0.39 is 11.8 Å². The van der Waals surface area contributed by atoms with E-state index in [2.05, 4.69) is 6.92 Å². The molecule has 0 atom stereocenters. The molecule has 0 saturated carbocycles. The Balaban J connectivity index is 1.63. The third-order valence-electron chi connectivity index (χ3n) is 5.02. The van der Waals surface area contributed by atoms with Crippen molar-refractivity contribution in [3.63, 3.8) is 0 Å². The summed E-state index contributed by atoms with van der Waals surface area (Å²) in [7, 11) is 0. The van der Waals surface area contributed by atoms with Crippen LogP contribution in [0.4, 0.5) is 4.39 Å². The summed E-state index contributed by atoms with van der Waals surface area (Å²) in [6.45, 7) is 2.21. The van der Waals surface area contributed by atoms with Gasteiger partial charge in [0.2, 0.25) is 0 Å². The van der Waals surface area contributed by atoms with Crippen LogP contribution in [0, 0.1) is 17.1 Å². The summed E-state index contributed by atoms with van der Waals surface area (Å²) >= 11 is 0. The van der Waals surface area contributed by atoms with Gasteiger partial charge in [0.1, 0.15) is 17.6 Å². The molecule has 0 bridgehead atoms. The van der Waals surface area contributed by atoms with Crippen LogP contribution in [0.5, 0.6) is 5.75 Å². The lowest BCUT2D eigenvalue weighted by Gasteiger charge is -2.08. The van der Waals surface area contributed by atoms with Crippen molar-refractivity contribution in [2.24, 2.45) is 0 Å². The van der Waals surface area contributed by atoms with Crippen molar-refractivity contribution in [2.75, 3.05) is 0 Å². The van der Waals surface area contributed by atoms with Gasteiger partial charge in [-0.1, -0.05) is 50.8 Å². The monoisotopic (exact) mass is 389 g/mol. The van der Waals surface area contributed by atoms with E-state index in [-0.39, 0.29) is 5.56 Å². The van der Waals surface area contributed by atoms with E-state index in [1.807, 2.05) is 18.2 Å². The van der Waals surface area contributed by atoms with E-state index in [1.165, 1.54) is 49.4 Å². The molecule has 0 aromatic heterocycles. The van der Waals surface area contributed by atoms with Crippen LogP contribution in [0.2, 0.25) is 0 Å². The third-order valence-corrected chi connectivity index (χ3v) is 5.02. The zero-order valence-corrected chi connectivity index (χ0v) is 16.6. The van der Waals surface area contributed by atoms with Gasteiger partial charge in [-0.15, -0.1) is 0 Å². The first kappa shape index (κ1) is 20.5. The molecule has 4 heteroatoms. The SMILES string of the molecule is CCCCCCCc1ccc(C(=O)Oc2ccc3c(F)c(C#N)ccc3c2)cc1. The van der Waals surface area contributed by atoms with E-state index in [1.54, 1.807) is 24.3 Å². The first-order valence-electron chi connectivity index (χ1n) is 10.1. The van der Waals surface area contributed by atoms with Crippen molar-refractivity contribution >= 4 is 16.7 Å². The Morgan fingerprint density at radius 1 is 1.00 bits per heavy atom. The second kappa shape index (κ2) is 9.84. The Kier molecular flexibility index (Phi) is 6.97. The number of benzene rings is 3. The summed E-state index contributed by atoms with van der Waals surface area (Å²) in [6, 6.07) is 17.0. The number of nitrogens with zero attached hydrogens (tertiary/aromatic N) is 1. The van der Waals surface area contributed by atoms with E-state index in [0.717, 1.165) is 12.8 Å². The van der Waals surface area contributed by atoms with E-state index in [0.29, 0.717) is 22.1 Å². The highest BCUT2D eigenvalue weighted by Crippen LogP contribution is 2.25. The summed E-state index contributed by atoms with van der Waals surface area (Å²) in [5.74, 6) is -0.673. The van der Waals surface area contributed by atoms with Gasteiger partial charge in [-0.3, -0.25) is 0 Å². The predicted octanol–water partition coefficient (Wildman–Crippen LogP) is 6.58. The first-order valence-corrected chi connectivity index (χ1v) is 10.1. The van der Waals surface area contributed by atoms with Gasteiger partial charge in [0.05, 0.1) is 11.1 Å². The van der Waals surface area contributed by atoms with Gasteiger partial charge in [-0.25, -0.2) is 9.18 Å². The highest BCUT2D eigenvalue weighted by Gasteiger charge is 2.11. The van der Waals surface area contributed by atoms with Crippen LogP contribution in [0.15, 0.2) is 54.6 Å². The van der Waals surface area contributed by atoms with Gasteiger partial charge in [0.15, 0.2) is 0 Å². The normalized spacial score (nSPS) is 10.7. The van der Waals surface area contributed by atoms with Crippen molar-refractivity contribution in [1.82, 2.24) is 0 Å². The molecule has 0 spiro atoms. The summed E-state index contributed by atoms with van der Waals surface area (Å²) in [4.78, 5) is 12.4. The van der Waals surface area contributed by atoms with Crippen LogP contribution >= 0.6 is 0 Å². The Morgan fingerprint density at radius 2 is 1.76 bits per heavy atom. The number of aryl methyl sites for hydroxylation is 1. The Morgan fingerprint density at radius 3 is 2.48 bits per heavy atom. The molecule has 3 nitrogen and oxygen atoms in total. The number of halogens is 1. The minimum atomic E-state index is -0.562. The molecule has 3 rings (SSSR count). The van der Waals surface area contributed by atoms with E-state index in [9.17, 15) is 9.18 Å². The maximum Gasteiger partial charge on any atom is 0.343 e. The molecule has 0 heterocycles. The molecule has 3 aromatic rings. The number of carbonyl (C=O) groups is 1. The van der Waals surface area contributed by atoms with Crippen molar-refractivity contribution < 1.29 is 13.9 Å². The van der Waals surface area contributed by atoms with E-state index in [4.69, 9.17) is 10.00 Å². The van der Waals surface area contributed by atoms with Gasteiger partial charge in [0, 0.05) is 5.39 Å².